The van der Waals surface area contributed by atoms with Gasteiger partial charge in [0.2, 0.25) is 5.75 Å². The number of aromatic nitrogens is 2. The molecular weight excluding hydrogens is 618 g/mol. The molecule has 1 aliphatic rings. The monoisotopic (exact) mass is 645 g/mol. The van der Waals surface area contributed by atoms with Gasteiger partial charge in [0.05, 0.1) is 28.7 Å². The van der Waals surface area contributed by atoms with Crippen LogP contribution in [0.3, 0.4) is 0 Å². The van der Waals surface area contributed by atoms with E-state index in [1.807, 2.05) is 71.6 Å². The van der Waals surface area contributed by atoms with E-state index >= 15 is 0 Å². The maximum absolute atomic E-state index is 12.9. The Morgan fingerprint density at radius 1 is 0.787 bits per heavy atom. The molecule has 0 spiro atoms. The molecule has 0 bridgehead atoms. The fourth-order valence-electron chi connectivity index (χ4n) is 5.25. The lowest BCUT2D eigenvalue weighted by atomic mass is 10.1. The molecule has 10 nitrogen and oxygen atoms in total. The highest BCUT2D eigenvalue weighted by Gasteiger charge is 2.27. The highest BCUT2D eigenvalue weighted by atomic mass is 35.5. The van der Waals surface area contributed by atoms with E-state index in [1.165, 1.54) is 6.33 Å². The van der Waals surface area contributed by atoms with Gasteiger partial charge in [-0.2, -0.15) is 0 Å². The maximum Gasteiger partial charge on any atom is 0.323 e. The van der Waals surface area contributed by atoms with Crippen LogP contribution in [0.5, 0.6) is 28.7 Å². The molecule has 0 radical (unpaired) electrons. The number of benzene rings is 5. The summed E-state index contributed by atoms with van der Waals surface area (Å²) in [6, 6.07) is 33.0. The maximum atomic E-state index is 12.9. The first-order valence-electron chi connectivity index (χ1n) is 14.7. The van der Waals surface area contributed by atoms with Gasteiger partial charge in [-0.1, -0.05) is 48.0 Å². The van der Waals surface area contributed by atoms with Crippen molar-refractivity contribution < 1.29 is 23.7 Å². The lowest BCUT2D eigenvalue weighted by Crippen LogP contribution is -2.20. The third kappa shape index (κ3) is 6.27. The predicted octanol–water partition coefficient (Wildman–Crippen LogP) is 8.97. The van der Waals surface area contributed by atoms with Gasteiger partial charge >= 0.3 is 6.03 Å². The first-order valence-corrected chi connectivity index (χ1v) is 15.1. The van der Waals surface area contributed by atoms with Gasteiger partial charge in [0.25, 0.3) is 0 Å². The van der Waals surface area contributed by atoms with Crippen molar-refractivity contribution in [3.05, 3.63) is 121 Å². The minimum absolute atomic E-state index is 0.326. The molecule has 1 aliphatic heterocycles. The molecule has 0 saturated carbocycles. The second-order valence-corrected chi connectivity index (χ2v) is 10.8. The zero-order valence-corrected chi connectivity index (χ0v) is 25.9. The van der Waals surface area contributed by atoms with Crippen molar-refractivity contribution in [2.75, 3.05) is 35.9 Å². The molecule has 1 aromatic heterocycles. The summed E-state index contributed by atoms with van der Waals surface area (Å²) in [5.74, 6) is 3.46. The van der Waals surface area contributed by atoms with Gasteiger partial charge in [-0.15, -0.1) is 0 Å². The van der Waals surface area contributed by atoms with Crippen LogP contribution in [0.1, 0.15) is 0 Å². The molecule has 2 amide bonds. The van der Waals surface area contributed by atoms with Crippen molar-refractivity contribution in [1.82, 2.24) is 9.97 Å². The minimum atomic E-state index is -0.448. The molecule has 47 heavy (non-hydrogen) atoms. The van der Waals surface area contributed by atoms with Crippen LogP contribution in [0.25, 0.3) is 10.9 Å². The Labute approximate surface area is 275 Å². The number of carbonyl (C=O) groups is 1. The molecule has 2 heterocycles. The lowest BCUT2D eigenvalue weighted by Gasteiger charge is -2.28. The standard InChI is InChI=1S/C36H28ClN5O5/c1-44-31-21-30-32(34-33(31)45-18-19-46-34)35(39-22-38-30)42(24-8-4-2-5-9-24)25-14-17-29(28(37)20-25)41-36(43)40-23-12-15-27(16-13-23)47-26-10-6-3-7-11-26/h2-17,20-22H,18-19H2,1H3,(H2,40,41,43). The van der Waals surface area contributed by atoms with Crippen LogP contribution < -0.4 is 34.5 Å². The molecule has 7 rings (SSSR count). The summed E-state index contributed by atoms with van der Waals surface area (Å²) in [7, 11) is 1.58. The van der Waals surface area contributed by atoms with Gasteiger partial charge in [0.1, 0.15) is 31.0 Å². The second-order valence-electron chi connectivity index (χ2n) is 10.4. The third-order valence-electron chi connectivity index (χ3n) is 7.35. The number of hydrogen-bond donors (Lipinski definition) is 2. The van der Waals surface area contributed by atoms with Crippen LogP contribution in [0.4, 0.5) is 33.4 Å². The van der Waals surface area contributed by atoms with E-state index in [1.54, 1.807) is 49.6 Å². The van der Waals surface area contributed by atoms with Crippen molar-refractivity contribution in [1.29, 1.82) is 0 Å². The zero-order chi connectivity index (χ0) is 32.2. The molecule has 0 saturated heterocycles. The van der Waals surface area contributed by atoms with E-state index in [4.69, 9.17) is 35.5 Å². The number of nitrogens with zero attached hydrogens (tertiary/aromatic N) is 3. The first kappa shape index (κ1) is 29.7. The average molecular weight is 646 g/mol. The van der Waals surface area contributed by atoms with E-state index in [0.29, 0.717) is 75.0 Å². The zero-order valence-electron chi connectivity index (χ0n) is 25.1. The van der Waals surface area contributed by atoms with Crippen molar-refractivity contribution >= 4 is 57.1 Å². The Hall–Kier alpha value is -6.00. The number of rotatable bonds is 8. The second kappa shape index (κ2) is 13.2. The molecular formula is C36H28ClN5O5. The van der Waals surface area contributed by atoms with Crippen molar-refractivity contribution in [2.45, 2.75) is 0 Å². The van der Waals surface area contributed by atoms with Crippen LogP contribution >= 0.6 is 11.6 Å². The van der Waals surface area contributed by atoms with Crippen molar-refractivity contribution in [2.24, 2.45) is 0 Å². The summed E-state index contributed by atoms with van der Waals surface area (Å²) in [6.07, 6.45) is 1.49. The lowest BCUT2D eigenvalue weighted by molar-refractivity contribution is 0.167. The van der Waals surface area contributed by atoms with Crippen LogP contribution in [0, 0.1) is 0 Å². The Bertz CT molecular complexity index is 2050. The van der Waals surface area contributed by atoms with Gasteiger partial charge in [0, 0.05) is 23.1 Å². The molecule has 234 valence electrons. The number of urea groups is 1. The van der Waals surface area contributed by atoms with E-state index in [0.717, 1.165) is 11.4 Å². The van der Waals surface area contributed by atoms with Crippen molar-refractivity contribution in [3.8, 4) is 28.7 Å². The Morgan fingerprint density at radius 2 is 1.49 bits per heavy atom. The van der Waals surface area contributed by atoms with Crippen LogP contribution in [0.2, 0.25) is 5.02 Å². The third-order valence-corrected chi connectivity index (χ3v) is 7.67. The van der Waals surface area contributed by atoms with E-state index < -0.39 is 6.03 Å². The Balaban J connectivity index is 1.17. The summed E-state index contributed by atoms with van der Waals surface area (Å²) < 4.78 is 23.5. The average Bonchev–Trinajstić information content (AvgIpc) is 3.11. The van der Waals surface area contributed by atoms with E-state index in [2.05, 4.69) is 15.6 Å². The van der Waals surface area contributed by atoms with Gasteiger partial charge in [-0.3, -0.25) is 4.90 Å². The topological polar surface area (TPSA) is 107 Å². The largest absolute Gasteiger partial charge is 0.493 e. The fourth-order valence-corrected chi connectivity index (χ4v) is 5.47. The number of ether oxygens (including phenoxy) is 4. The molecule has 0 aliphatic carbocycles. The number of amides is 2. The number of para-hydroxylation sites is 2. The number of hydrogen-bond acceptors (Lipinski definition) is 8. The molecule has 11 heteroatoms. The first-order chi connectivity index (χ1) is 23.1. The number of anilines is 5. The van der Waals surface area contributed by atoms with E-state index in [-0.39, 0.29) is 0 Å². The number of nitrogens with one attached hydrogen (secondary N) is 2. The Morgan fingerprint density at radius 3 is 2.21 bits per heavy atom. The summed E-state index contributed by atoms with van der Waals surface area (Å²) in [6.45, 7) is 0.765. The van der Waals surface area contributed by atoms with Crippen LogP contribution in [0.15, 0.2) is 116 Å². The summed E-state index contributed by atoms with van der Waals surface area (Å²) >= 11 is 6.79. The minimum Gasteiger partial charge on any atom is -0.493 e. The van der Waals surface area contributed by atoms with Gasteiger partial charge < -0.3 is 29.6 Å². The molecule has 6 aromatic rings. The van der Waals surface area contributed by atoms with Gasteiger partial charge in [-0.25, -0.2) is 14.8 Å². The normalized spacial score (nSPS) is 11.9. The molecule has 0 unspecified atom stereocenters. The number of halogens is 1. The fraction of sp³-hybridized carbons (Fsp3) is 0.0833. The van der Waals surface area contributed by atoms with Crippen LogP contribution in [-0.4, -0.2) is 36.3 Å². The molecule has 0 fully saturated rings. The molecule has 0 atom stereocenters. The summed E-state index contributed by atoms with van der Waals surface area (Å²) in [5.41, 5.74) is 3.16. The highest BCUT2D eigenvalue weighted by Crippen LogP contribution is 2.49. The molecule has 2 N–H and O–H groups in total. The van der Waals surface area contributed by atoms with Crippen molar-refractivity contribution in [3.63, 3.8) is 0 Å². The number of fused-ring (bicyclic) bond motifs is 3. The molecule has 5 aromatic carbocycles. The summed E-state index contributed by atoms with van der Waals surface area (Å²) in [5, 5.41) is 6.65. The number of carbonyl (C=O) groups excluding carboxylic acids is 1. The summed E-state index contributed by atoms with van der Waals surface area (Å²) in [4.78, 5) is 24.1. The smallest absolute Gasteiger partial charge is 0.323 e. The Kier molecular flexibility index (Phi) is 8.31. The van der Waals surface area contributed by atoms with E-state index in [9.17, 15) is 4.79 Å². The SMILES string of the molecule is COc1cc2ncnc(N(c3ccccc3)c3ccc(NC(=O)Nc4ccc(Oc5ccccc5)cc4)c(Cl)c3)c2c2c1OCCO2. The van der Waals surface area contributed by atoms with Crippen LogP contribution in [-0.2, 0) is 0 Å². The quantitative estimate of drug-likeness (QED) is 0.169. The highest BCUT2D eigenvalue weighted by molar-refractivity contribution is 6.34. The van der Waals surface area contributed by atoms with Gasteiger partial charge in [-0.05, 0) is 66.7 Å². The predicted molar refractivity (Wildman–Crippen MR) is 182 cm³/mol. The number of methoxy groups -OCH3 is 1. The van der Waals surface area contributed by atoms with Gasteiger partial charge in [0.15, 0.2) is 17.3 Å².